The topological polar surface area (TPSA) is 29.5 Å². The number of rotatable bonds is 4. The SMILES string of the molecule is OCCC#Cc1cc(CSC2CCOCC2)ccc1F. The maximum Gasteiger partial charge on any atom is 0.138 e. The Morgan fingerprint density at radius 3 is 2.90 bits per heavy atom. The van der Waals surface area contributed by atoms with Gasteiger partial charge in [-0.1, -0.05) is 17.9 Å². The minimum atomic E-state index is -0.296. The zero-order valence-corrected chi connectivity index (χ0v) is 12.2. The number of ether oxygens (including phenoxy) is 1. The van der Waals surface area contributed by atoms with Crippen molar-refractivity contribution in [3.05, 3.63) is 35.1 Å². The molecule has 0 saturated carbocycles. The average molecular weight is 294 g/mol. The molecule has 4 heteroatoms. The van der Waals surface area contributed by atoms with Gasteiger partial charge >= 0.3 is 0 Å². The highest BCUT2D eigenvalue weighted by Gasteiger charge is 2.14. The number of benzene rings is 1. The number of hydrogen-bond donors (Lipinski definition) is 1. The number of hydrogen-bond acceptors (Lipinski definition) is 3. The smallest absolute Gasteiger partial charge is 0.138 e. The third-order valence-corrected chi connectivity index (χ3v) is 4.59. The second-order valence-electron chi connectivity index (χ2n) is 4.71. The van der Waals surface area contributed by atoms with Crippen LogP contribution in [0.2, 0.25) is 0 Å². The first-order valence-electron chi connectivity index (χ1n) is 6.87. The van der Waals surface area contributed by atoms with Gasteiger partial charge in [0.05, 0.1) is 12.2 Å². The first-order valence-corrected chi connectivity index (χ1v) is 7.92. The van der Waals surface area contributed by atoms with Crippen molar-refractivity contribution in [2.45, 2.75) is 30.3 Å². The Hall–Kier alpha value is -1.02. The second kappa shape index (κ2) is 8.31. The van der Waals surface area contributed by atoms with Crippen molar-refractivity contribution >= 4 is 11.8 Å². The van der Waals surface area contributed by atoms with Crippen molar-refractivity contribution in [2.24, 2.45) is 0 Å². The summed E-state index contributed by atoms with van der Waals surface area (Å²) in [6.07, 6.45) is 2.56. The summed E-state index contributed by atoms with van der Waals surface area (Å²) in [6.45, 7) is 1.70. The van der Waals surface area contributed by atoms with Crippen LogP contribution in [0.1, 0.15) is 30.4 Å². The Morgan fingerprint density at radius 1 is 1.35 bits per heavy atom. The molecule has 1 aliphatic heterocycles. The lowest BCUT2D eigenvalue weighted by molar-refractivity contribution is 0.1000. The molecular weight excluding hydrogens is 275 g/mol. The Labute approximate surface area is 123 Å². The molecule has 0 aliphatic carbocycles. The number of thioether (sulfide) groups is 1. The van der Waals surface area contributed by atoms with Crippen molar-refractivity contribution in [1.82, 2.24) is 0 Å². The van der Waals surface area contributed by atoms with Crippen LogP contribution < -0.4 is 0 Å². The van der Waals surface area contributed by atoms with E-state index < -0.39 is 0 Å². The van der Waals surface area contributed by atoms with E-state index in [-0.39, 0.29) is 12.4 Å². The van der Waals surface area contributed by atoms with E-state index in [0.29, 0.717) is 17.2 Å². The fourth-order valence-corrected chi connectivity index (χ4v) is 3.16. The maximum atomic E-state index is 13.6. The molecular formula is C16H19FO2S. The lowest BCUT2D eigenvalue weighted by Gasteiger charge is -2.21. The molecule has 108 valence electrons. The van der Waals surface area contributed by atoms with Gasteiger partial charge in [0.15, 0.2) is 0 Å². The van der Waals surface area contributed by atoms with Crippen LogP contribution in [0, 0.1) is 17.7 Å². The molecule has 0 atom stereocenters. The number of aliphatic hydroxyl groups excluding tert-OH is 1. The Balaban J connectivity index is 1.94. The van der Waals surface area contributed by atoms with Gasteiger partial charge in [0.2, 0.25) is 0 Å². The molecule has 0 radical (unpaired) electrons. The van der Waals surface area contributed by atoms with Gasteiger partial charge in [0, 0.05) is 30.6 Å². The standard InChI is InChI=1S/C16H19FO2S/c17-16-5-4-13(11-14(16)3-1-2-8-18)12-20-15-6-9-19-10-7-15/h4-5,11,15,18H,2,6-10,12H2. The molecule has 20 heavy (non-hydrogen) atoms. The summed E-state index contributed by atoms with van der Waals surface area (Å²) >= 11 is 1.90. The van der Waals surface area contributed by atoms with Gasteiger partial charge in [0.1, 0.15) is 5.82 Å². The first kappa shape index (κ1) is 15.4. The van der Waals surface area contributed by atoms with Gasteiger partial charge in [0.25, 0.3) is 0 Å². The van der Waals surface area contributed by atoms with Gasteiger partial charge < -0.3 is 9.84 Å². The van der Waals surface area contributed by atoms with Crippen molar-refractivity contribution in [3.8, 4) is 11.8 Å². The summed E-state index contributed by atoms with van der Waals surface area (Å²) in [4.78, 5) is 0. The van der Waals surface area contributed by atoms with E-state index in [2.05, 4.69) is 11.8 Å². The Kier molecular flexibility index (Phi) is 6.38. The van der Waals surface area contributed by atoms with Gasteiger partial charge in [-0.3, -0.25) is 0 Å². The van der Waals surface area contributed by atoms with Gasteiger partial charge in [-0.2, -0.15) is 11.8 Å². The highest BCUT2D eigenvalue weighted by Crippen LogP contribution is 2.26. The van der Waals surface area contributed by atoms with Crippen molar-refractivity contribution in [2.75, 3.05) is 19.8 Å². The maximum absolute atomic E-state index is 13.6. The highest BCUT2D eigenvalue weighted by atomic mass is 32.2. The second-order valence-corrected chi connectivity index (χ2v) is 6.00. The van der Waals surface area contributed by atoms with Crippen LogP contribution in [-0.2, 0) is 10.5 Å². The van der Waals surface area contributed by atoms with Crippen LogP contribution in [0.4, 0.5) is 4.39 Å². The summed E-state index contributed by atoms with van der Waals surface area (Å²) in [5, 5.41) is 9.32. The molecule has 0 unspecified atom stereocenters. The van der Waals surface area contributed by atoms with E-state index in [9.17, 15) is 4.39 Å². The summed E-state index contributed by atoms with van der Waals surface area (Å²) in [5.41, 5.74) is 1.51. The molecule has 1 saturated heterocycles. The summed E-state index contributed by atoms with van der Waals surface area (Å²) in [5.74, 6) is 6.12. The minimum absolute atomic E-state index is 0.00785. The summed E-state index contributed by atoms with van der Waals surface area (Å²) < 4.78 is 18.9. The molecule has 2 rings (SSSR count). The largest absolute Gasteiger partial charge is 0.395 e. The molecule has 2 nitrogen and oxygen atoms in total. The summed E-state index contributed by atoms with van der Waals surface area (Å²) in [6, 6.07) is 5.10. The van der Waals surface area contributed by atoms with E-state index in [1.54, 1.807) is 0 Å². The van der Waals surface area contributed by atoms with Crippen LogP contribution in [0.3, 0.4) is 0 Å². The third kappa shape index (κ3) is 4.82. The minimum Gasteiger partial charge on any atom is -0.395 e. The fraction of sp³-hybridized carbons (Fsp3) is 0.500. The predicted molar refractivity (Wildman–Crippen MR) is 80.1 cm³/mol. The zero-order valence-electron chi connectivity index (χ0n) is 11.4. The molecule has 1 heterocycles. The molecule has 1 aromatic carbocycles. The molecule has 1 aromatic rings. The number of halogens is 1. The molecule has 0 bridgehead atoms. The van der Waals surface area contributed by atoms with E-state index >= 15 is 0 Å². The number of aliphatic hydroxyl groups is 1. The Bertz CT molecular complexity index is 487. The zero-order chi connectivity index (χ0) is 14.2. The summed E-state index contributed by atoms with van der Waals surface area (Å²) in [7, 11) is 0. The molecule has 0 aromatic heterocycles. The van der Waals surface area contributed by atoms with Gasteiger partial charge in [-0.15, -0.1) is 0 Å². The van der Waals surface area contributed by atoms with Crippen LogP contribution in [0.25, 0.3) is 0 Å². The Morgan fingerprint density at radius 2 is 2.15 bits per heavy atom. The van der Waals surface area contributed by atoms with Crippen LogP contribution >= 0.6 is 11.8 Å². The average Bonchev–Trinajstić information content (AvgIpc) is 2.49. The lowest BCUT2D eigenvalue weighted by Crippen LogP contribution is -2.17. The van der Waals surface area contributed by atoms with Crippen LogP contribution in [0.15, 0.2) is 18.2 Å². The lowest BCUT2D eigenvalue weighted by atomic mass is 10.1. The van der Waals surface area contributed by atoms with E-state index in [1.807, 2.05) is 23.9 Å². The van der Waals surface area contributed by atoms with Gasteiger partial charge in [-0.25, -0.2) is 4.39 Å². The first-order chi connectivity index (χ1) is 9.79. The van der Waals surface area contributed by atoms with Crippen LogP contribution in [-0.4, -0.2) is 30.2 Å². The highest BCUT2D eigenvalue weighted by molar-refractivity contribution is 7.99. The van der Waals surface area contributed by atoms with Crippen molar-refractivity contribution in [3.63, 3.8) is 0 Å². The van der Waals surface area contributed by atoms with E-state index in [1.165, 1.54) is 6.07 Å². The third-order valence-electron chi connectivity index (χ3n) is 3.14. The van der Waals surface area contributed by atoms with Crippen molar-refractivity contribution in [1.29, 1.82) is 0 Å². The van der Waals surface area contributed by atoms with Crippen LogP contribution in [0.5, 0.6) is 0 Å². The molecule has 1 fully saturated rings. The van der Waals surface area contributed by atoms with Gasteiger partial charge in [-0.05, 0) is 30.5 Å². The normalized spacial score (nSPS) is 15.7. The van der Waals surface area contributed by atoms with E-state index in [0.717, 1.165) is 37.4 Å². The van der Waals surface area contributed by atoms with Crippen molar-refractivity contribution < 1.29 is 14.2 Å². The molecule has 0 amide bonds. The van der Waals surface area contributed by atoms with E-state index in [4.69, 9.17) is 9.84 Å². The monoisotopic (exact) mass is 294 g/mol. The molecule has 1 N–H and O–H groups in total. The molecule has 0 spiro atoms. The fourth-order valence-electron chi connectivity index (χ4n) is 2.03. The molecule has 1 aliphatic rings. The predicted octanol–water partition coefficient (Wildman–Crippen LogP) is 2.97. The quantitative estimate of drug-likeness (QED) is 0.866.